The van der Waals surface area contributed by atoms with E-state index in [2.05, 4.69) is 25.5 Å². The Morgan fingerprint density at radius 1 is 0.380 bits per heavy atom. The van der Waals surface area contributed by atoms with Crippen LogP contribution in [-0.4, -0.2) is 51.7 Å². The van der Waals surface area contributed by atoms with Gasteiger partial charge in [-0.05, 0) is 91.5 Å². The maximum Gasteiger partial charge on any atom is 0.573 e. The molecule has 7 aromatic carbocycles. The quantitative estimate of drug-likeness (QED) is 0.0650. The molecule has 510 valence electrons. The third-order valence-corrected chi connectivity index (χ3v) is 19.7. The van der Waals surface area contributed by atoms with Gasteiger partial charge in [-0.15, -0.1) is 47.2 Å². The molecule has 0 saturated heterocycles. The van der Waals surface area contributed by atoms with Crippen LogP contribution in [0.25, 0.3) is 41.4 Å². The van der Waals surface area contributed by atoms with Gasteiger partial charge in [-0.25, -0.2) is 28.8 Å². The highest BCUT2D eigenvalue weighted by molar-refractivity contribution is 7.21. The van der Waals surface area contributed by atoms with Gasteiger partial charge in [0.1, 0.15) is 54.7 Å². The minimum atomic E-state index is -4.82. The molecule has 0 bridgehead atoms. The number of rotatable bonds is 16. The number of aryl methyl sites for hydroxylation is 3. The zero-order valence-corrected chi connectivity index (χ0v) is 57.1. The Kier molecular flexibility index (Phi) is 20.9. The second-order valence-electron chi connectivity index (χ2n) is 24.2. The third-order valence-electron chi connectivity index (χ3n) is 16.1. The monoisotopic (exact) mass is 1410 g/mol. The third kappa shape index (κ3) is 16.1. The molecule has 6 aromatic heterocycles. The highest BCUT2D eigenvalue weighted by atomic mass is 32.1. The summed E-state index contributed by atoms with van der Waals surface area (Å²) in [6.45, 7) is 6.88. The van der Waals surface area contributed by atoms with E-state index in [-0.39, 0.29) is 60.0 Å². The minimum absolute atomic E-state index is 0.0204. The van der Waals surface area contributed by atoms with Gasteiger partial charge in [0.15, 0.2) is 0 Å². The van der Waals surface area contributed by atoms with Crippen LogP contribution in [0.15, 0.2) is 229 Å². The Morgan fingerprint density at radius 3 is 1.05 bits per heavy atom. The van der Waals surface area contributed by atoms with Crippen molar-refractivity contribution in [3.63, 3.8) is 0 Å². The Bertz CT molecular complexity index is 5590. The predicted molar refractivity (Wildman–Crippen MR) is 380 cm³/mol. The summed E-state index contributed by atoms with van der Waals surface area (Å²) in [5.74, 6) is -2.07. The van der Waals surface area contributed by atoms with E-state index in [9.17, 15) is 56.3 Å². The van der Waals surface area contributed by atoms with Crippen LogP contribution in [0.4, 0.5) is 13.2 Å². The maximum absolute atomic E-state index is 13.2. The van der Waals surface area contributed by atoms with E-state index in [1.807, 2.05) is 158 Å². The first-order valence-corrected chi connectivity index (χ1v) is 33.5. The molecule has 0 N–H and O–H groups in total. The summed E-state index contributed by atoms with van der Waals surface area (Å²) in [5.41, 5.74) is 2.97. The van der Waals surface area contributed by atoms with Gasteiger partial charge in [-0.2, -0.15) is 0 Å². The van der Waals surface area contributed by atoms with Gasteiger partial charge in [0.05, 0.1) is 35.8 Å². The molecule has 6 heterocycles. The van der Waals surface area contributed by atoms with Crippen LogP contribution in [0.3, 0.4) is 0 Å². The molecule has 0 aliphatic heterocycles. The highest BCUT2D eigenvalue weighted by Crippen LogP contribution is 2.29. The lowest BCUT2D eigenvalue weighted by atomic mass is 9.87. The normalized spacial score (nSPS) is 11.4. The van der Waals surface area contributed by atoms with E-state index in [1.54, 1.807) is 14.1 Å². The van der Waals surface area contributed by atoms with Crippen molar-refractivity contribution in [3.05, 3.63) is 316 Å². The molecule has 13 rings (SSSR count). The number of ether oxygens (including phenoxy) is 4. The fourth-order valence-corrected chi connectivity index (χ4v) is 13.7. The average Bonchev–Trinajstić information content (AvgIpc) is 1.59. The number of benzene rings is 7. The summed E-state index contributed by atoms with van der Waals surface area (Å²) in [4.78, 5) is 118. The van der Waals surface area contributed by atoms with Gasteiger partial charge in [0.2, 0.25) is 0 Å². The van der Waals surface area contributed by atoms with Crippen LogP contribution < -0.4 is 38.5 Å². The lowest BCUT2D eigenvalue weighted by molar-refractivity contribution is -0.274. The number of hydrogen-bond donors (Lipinski definition) is 0. The molecule has 19 nitrogen and oxygen atoms in total. The molecule has 0 aliphatic carbocycles. The lowest BCUT2D eigenvalue weighted by Gasteiger charge is -2.19. The molecule has 0 unspecified atom stereocenters. The Hall–Kier alpha value is -11.3. The molecule has 0 radical (unpaired) electrons. The van der Waals surface area contributed by atoms with Crippen LogP contribution >= 0.6 is 34.0 Å². The smallest absolute Gasteiger partial charge is 0.457 e. The fourth-order valence-electron chi connectivity index (χ4n) is 10.7. The Labute approximate surface area is 579 Å². The van der Waals surface area contributed by atoms with Crippen molar-refractivity contribution < 1.29 is 46.5 Å². The predicted octanol–water partition coefficient (Wildman–Crippen LogP) is 12.9. The fraction of sp³-hybridized carbons (Fsp3) is 0.187. The van der Waals surface area contributed by atoms with Gasteiger partial charge in [0.25, 0.3) is 16.7 Å². The number of esters is 3. The molecular weight excluding hydrogens is 1350 g/mol. The van der Waals surface area contributed by atoms with Crippen LogP contribution in [0.5, 0.6) is 5.75 Å². The first-order chi connectivity index (χ1) is 47.8. The van der Waals surface area contributed by atoms with E-state index >= 15 is 0 Å². The molecule has 13 aromatic rings. The standard InChI is InChI=1S/C26H20N2O4S.C26H26N2O4S.C23H17F3N2O5S/c1-27-24-21(14-22(33-24)25(30)32-16-17-7-3-2-4-8-17)23(29)28(26(27)31)15-18-11-12-19-9-5-6-10-20(19)13-18;1-26(2,3)19-12-10-17(11-13-19)15-28-22(29)20-14-21(33-23(20)27(4)25(28)31)24(30)32-16-18-8-6-5-7-9-18;1-27-20-17(11-18(34-20)21(30)32-13-15-5-3-2-4-6-15)19(29)28(22(27)31)12-14-7-9-16(10-8-14)33-23(24,25)26/h2-14H,15-16H2,1H3;5-14H,15-16H2,1-4H3;2-11H,12-13H2,1H3. The molecule has 0 atom stereocenters. The largest absolute Gasteiger partial charge is 0.573 e. The SMILES string of the molecule is Cn1c(=O)n(Cc2ccc(C(C)(C)C)cc2)c(=O)c2cc(C(=O)OCc3ccccc3)sc21.Cn1c(=O)n(Cc2ccc(OC(F)(F)F)cc2)c(=O)c2cc(C(=O)OCc3ccccc3)sc21.Cn1c(=O)n(Cc2ccc3ccccc3c2)c(=O)c2cc(C(=O)OCc3ccccc3)sc21. The van der Waals surface area contributed by atoms with Crippen LogP contribution in [-0.2, 0) is 80.2 Å². The second kappa shape index (κ2) is 29.8. The first-order valence-electron chi connectivity index (χ1n) is 31.0. The van der Waals surface area contributed by atoms with Crippen molar-refractivity contribution in [1.82, 2.24) is 27.4 Å². The second-order valence-corrected chi connectivity index (χ2v) is 27.3. The number of carbonyl (C=O) groups is 3. The molecule has 0 spiro atoms. The summed E-state index contributed by atoms with van der Waals surface area (Å²) >= 11 is 3.15. The molecule has 0 fully saturated rings. The minimum Gasteiger partial charge on any atom is -0.457 e. The number of thiophene rings is 3. The molecular formula is C75H63F3N6O13S3. The average molecular weight is 1410 g/mol. The number of nitrogens with zero attached hydrogens (tertiary/aromatic N) is 6. The van der Waals surface area contributed by atoms with Crippen molar-refractivity contribution >= 4 is 93.3 Å². The molecule has 0 aliphatic rings. The molecule has 25 heteroatoms. The van der Waals surface area contributed by atoms with Crippen molar-refractivity contribution in [1.29, 1.82) is 0 Å². The molecule has 0 amide bonds. The number of hydrogen-bond acceptors (Lipinski definition) is 16. The van der Waals surface area contributed by atoms with E-state index in [0.717, 1.165) is 89.3 Å². The van der Waals surface area contributed by atoms with Crippen LogP contribution in [0.1, 0.15) is 88.7 Å². The number of halogens is 3. The summed E-state index contributed by atoms with van der Waals surface area (Å²) < 4.78 is 64.4. The van der Waals surface area contributed by atoms with Gasteiger partial charge < -0.3 is 18.9 Å². The topological polar surface area (TPSA) is 220 Å². The summed E-state index contributed by atoms with van der Waals surface area (Å²) in [6, 6.07) is 58.8. The number of aromatic nitrogens is 6. The van der Waals surface area contributed by atoms with Crippen LogP contribution in [0.2, 0.25) is 0 Å². The number of fused-ring (bicyclic) bond motifs is 4. The first kappa shape index (κ1) is 70.1. The van der Waals surface area contributed by atoms with Gasteiger partial charge in [-0.1, -0.05) is 185 Å². The van der Waals surface area contributed by atoms with E-state index in [1.165, 1.54) is 65.8 Å². The Morgan fingerprint density at radius 2 is 0.700 bits per heavy atom. The van der Waals surface area contributed by atoms with Crippen molar-refractivity contribution in [2.24, 2.45) is 21.1 Å². The lowest BCUT2D eigenvalue weighted by Crippen LogP contribution is -2.38. The summed E-state index contributed by atoms with van der Waals surface area (Å²) in [6.07, 6.45) is -4.82. The highest BCUT2D eigenvalue weighted by Gasteiger charge is 2.31. The Balaban J connectivity index is 0.000000151. The molecule has 100 heavy (non-hydrogen) atoms. The molecule has 0 saturated carbocycles. The van der Waals surface area contributed by atoms with Crippen molar-refractivity contribution in [3.8, 4) is 5.75 Å². The van der Waals surface area contributed by atoms with Crippen molar-refractivity contribution in [2.45, 2.75) is 72.0 Å². The summed E-state index contributed by atoms with van der Waals surface area (Å²) in [5, 5.41) is 2.96. The van der Waals surface area contributed by atoms with E-state index < -0.39 is 63.8 Å². The zero-order chi connectivity index (χ0) is 71.2. The van der Waals surface area contributed by atoms with Gasteiger partial charge in [-0.3, -0.25) is 41.8 Å². The number of alkyl halides is 3. The maximum atomic E-state index is 13.2. The van der Waals surface area contributed by atoms with Crippen molar-refractivity contribution in [2.75, 3.05) is 0 Å². The van der Waals surface area contributed by atoms with E-state index in [0.29, 0.717) is 35.7 Å². The van der Waals surface area contributed by atoms with E-state index in [4.69, 9.17) is 14.2 Å². The van der Waals surface area contributed by atoms with Gasteiger partial charge >= 0.3 is 41.3 Å². The van der Waals surface area contributed by atoms with Crippen LogP contribution in [0, 0.1) is 0 Å². The summed E-state index contributed by atoms with van der Waals surface area (Å²) in [7, 11) is 4.69. The van der Waals surface area contributed by atoms with Gasteiger partial charge in [0, 0.05) is 21.1 Å². The zero-order valence-electron chi connectivity index (χ0n) is 54.6. The number of carbonyl (C=O) groups excluding carboxylic acids is 3.